The first-order chi connectivity index (χ1) is 6.02. The molecule has 0 aromatic carbocycles. The van der Waals surface area contributed by atoms with Crippen LogP contribution in [0.2, 0.25) is 0 Å². The maximum absolute atomic E-state index is 11.1. The highest BCUT2D eigenvalue weighted by Crippen LogP contribution is 2.05. The minimum absolute atomic E-state index is 0.200. The van der Waals surface area contributed by atoms with Crippen molar-refractivity contribution in [3.63, 3.8) is 0 Å². The topological polar surface area (TPSA) is 54.4 Å². The summed E-state index contributed by atoms with van der Waals surface area (Å²) in [5.41, 5.74) is 0. The molecule has 1 unspecified atom stereocenters. The number of aliphatic hydroxyl groups excluding tert-OH is 1. The molecule has 0 aromatic heterocycles. The van der Waals surface area contributed by atoms with Crippen LogP contribution in [0.4, 0.5) is 0 Å². The number of hydrogen-bond donors (Lipinski definition) is 1. The molecule has 0 saturated carbocycles. The van der Waals surface area contributed by atoms with E-state index in [-0.39, 0.29) is 17.6 Å². The predicted octanol–water partition coefficient (Wildman–Crippen LogP) is 0.925. The van der Waals surface area contributed by atoms with Gasteiger partial charge >= 0.3 is 0 Å². The summed E-state index contributed by atoms with van der Waals surface area (Å²) in [7, 11) is -2.85. The smallest absolute Gasteiger partial charge is 0.150 e. The molecule has 0 aliphatic heterocycles. The van der Waals surface area contributed by atoms with Gasteiger partial charge in [-0.25, -0.2) is 8.42 Å². The summed E-state index contributed by atoms with van der Waals surface area (Å²) in [6, 6.07) is 0. The molecule has 0 aliphatic carbocycles. The van der Waals surface area contributed by atoms with E-state index in [2.05, 4.69) is 0 Å². The van der Waals surface area contributed by atoms with Gasteiger partial charge in [0.15, 0.2) is 0 Å². The Kier molecular flexibility index (Phi) is 6.81. The molecule has 1 N–H and O–H groups in total. The van der Waals surface area contributed by atoms with Crippen LogP contribution in [-0.4, -0.2) is 43.1 Å². The van der Waals surface area contributed by atoms with E-state index in [1.54, 1.807) is 18.7 Å². The zero-order chi connectivity index (χ0) is 10.3. The summed E-state index contributed by atoms with van der Waals surface area (Å²) < 4.78 is 22.1. The van der Waals surface area contributed by atoms with Crippen molar-refractivity contribution in [2.45, 2.75) is 25.9 Å². The van der Waals surface area contributed by atoms with Gasteiger partial charge in [-0.3, -0.25) is 0 Å². The highest BCUT2D eigenvalue weighted by atomic mass is 32.2. The lowest BCUT2D eigenvalue weighted by atomic mass is 10.2. The van der Waals surface area contributed by atoms with E-state index in [4.69, 9.17) is 0 Å². The molecule has 3 nitrogen and oxygen atoms in total. The van der Waals surface area contributed by atoms with Gasteiger partial charge in [-0.1, -0.05) is 6.92 Å². The Bertz CT molecular complexity index is 211. The molecule has 1 atom stereocenters. The van der Waals surface area contributed by atoms with E-state index in [0.29, 0.717) is 18.6 Å². The lowest BCUT2D eigenvalue weighted by Gasteiger charge is -2.07. The number of aliphatic hydroxyl groups is 1. The molecule has 80 valence electrons. The van der Waals surface area contributed by atoms with Crippen molar-refractivity contribution in [1.29, 1.82) is 0 Å². The molecular formula is C8H18O3S2. The van der Waals surface area contributed by atoms with Gasteiger partial charge in [-0.2, -0.15) is 11.8 Å². The van der Waals surface area contributed by atoms with Crippen LogP contribution in [0.3, 0.4) is 0 Å². The average Bonchev–Trinajstić information content (AvgIpc) is 2.05. The Balaban J connectivity index is 3.56. The fourth-order valence-electron chi connectivity index (χ4n) is 0.959. The van der Waals surface area contributed by atoms with Gasteiger partial charge in [0, 0.05) is 11.5 Å². The summed E-state index contributed by atoms with van der Waals surface area (Å²) in [6.07, 6.45) is 2.71. The third-order valence-corrected chi connectivity index (χ3v) is 4.30. The molecule has 0 fully saturated rings. The van der Waals surface area contributed by atoms with Crippen LogP contribution in [0, 0.1) is 0 Å². The maximum Gasteiger partial charge on any atom is 0.150 e. The van der Waals surface area contributed by atoms with Gasteiger partial charge in [-0.05, 0) is 19.1 Å². The number of thioether (sulfide) groups is 1. The zero-order valence-electron chi connectivity index (χ0n) is 8.19. The van der Waals surface area contributed by atoms with E-state index in [1.165, 1.54) is 0 Å². The molecule has 0 rings (SSSR count). The molecular weight excluding hydrogens is 208 g/mol. The second-order valence-corrected chi connectivity index (χ2v) is 6.37. The van der Waals surface area contributed by atoms with E-state index in [0.717, 1.165) is 0 Å². The Labute approximate surface area is 84.8 Å². The molecule has 0 heterocycles. The molecule has 5 heteroatoms. The molecule has 0 radical (unpaired) electrons. The number of hydrogen-bond acceptors (Lipinski definition) is 4. The average molecular weight is 226 g/mol. The monoisotopic (exact) mass is 226 g/mol. The maximum atomic E-state index is 11.1. The largest absolute Gasteiger partial charge is 0.392 e. The van der Waals surface area contributed by atoms with Crippen molar-refractivity contribution in [1.82, 2.24) is 0 Å². The van der Waals surface area contributed by atoms with Crippen LogP contribution < -0.4 is 0 Å². The minimum Gasteiger partial charge on any atom is -0.392 e. The summed E-state index contributed by atoms with van der Waals surface area (Å²) in [4.78, 5) is 0. The second-order valence-electron chi connectivity index (χ2n) is 2.99. The van der Waals surface area contributed by atoms with E-state index < -0.39 is 9.84 Å². The van der Waals surface area contributed by atoms with Gasteiger partial charge < -0.3 is 5.11 Å². The molecule has 0 amide bonds. The Morgan fingerprint density at radius 3 is 2.54 bits per heavy atom. The normalized spacial score (nSPS) is 14.4. The third-order valence-electron chi connectivity index (χ3n) is 1.79. The van der Waals surface area contributed by atoms with E-state index >= 15 is 0 Å². The second kappa shape index (κ2) is 6.68. The van der Waals surface area contributed by atoms with Crippen molar-refractivity contribution < 1.29 is 13.5 Å². The molecule has 0 aliphatic rings. The van der Waals surface area contributed by atoms with E-state index in [9.17, 15) is 13.5 Å². The summed E-state index contributed by atoms with van der Waals surface area (Å²) in [5.74, 6) is 1.09. The lowest BCUT2D eigenvalue weighted by molar-refractivity contribution is 0.188. The van der Waals surface area contributed by atoms with Gasteiger partial charge in [0.1, 0.15) is 9.84 Å². The third kappa shape index (κ3) is 7.34. The number of rotatable bonds is 7. The zero-order valence-corrected chi connectivity index (χ0v) is 9.83. The van der Waals surface area contributed by atoms with Crippen molar-refractivity contribution in [2.75, 3.05) is 23.5 Å². The van der Waals surface area contributed by atoms with Gasteiger partial charge in [0.25, 0.3) is 0 Å². The van der Waals surface area contributed by atoms with Crippen molar-refractivity contribution in [3.05, 3.63) is 0 Å². The van der Waals surface area contributed by atoms with Crippen LogP contribution in [0.15, 0.2) is 0 Å². The van der Waals surface area contributed by atoms with Gasteiger partial charge in [0.2, 0.25) is 0 Å². The quantitative estimate of drug-likeness (QED) is 0.701. The first kappa shape index (κ1) is 13.3. The molecule has 0 bridgehead atoms. The van der Waals surface area contributed by atoms with Gasteiger partial charge in [-0.15, -0.1) is 0 Å². The summed E-state index contributed by atoms with van der Waals surface area (Å²) in [5, 5.41) is 9.30. The standard InChI is InChI=1S/C8H18O3S2/c1-3-13(10,11)6-4-5-8(9)7-12-2/h8-9H,3-7H2,1-2H3. The van der Waals surface area contributed by atoms with Crippen LogP contribution >= 0.6 is 11.8 Å². The highest BCUT2D eigenvalue weighted by molar-refractivity contribution is 7.98. The minimum atomic E-state index is -2.85. The molecule has 13 heavy (non-hydrogen) atoms. The summed E-state index contributed by atoms with van der Waals surface area (Å²) in [6.45, 7) is 1.65. The fraction of sp³-hybridized carbons (Fsp3) is 1.00. The first-order valence-corrected chi connectivity index (χ1v) is 7.60. The number of sulfone groups is 1. The van der Waals surface area contributed by atoms with Crippen molar-refractivity contribution in [2.24, 2.45) is 0 Å². The lowest BCUT2D eigenvalue weighted by Crippen LogP contribution is -2.14. The molecule has 0 spiro atoms. The van der Waals surface area contributed by atoms with Crippen molar-refractivity contribution >= 4 is 21.6 Å². The molecule has 0 aromatic rings. The Morgan fingerprint density at radius 2 is 2.08 bits per heavy atom. The van der Waals surface area contributed by atoms with E-state index in [1.807, 2.05) is 6.26 Å². The summed E-state index contributed by atoms with van der Waals surface area (Å²) >= 11 is 1.57. The predicted molar refractivity (Wildman–Crippen MR) is 58.0 cm³/mol. The van der Waals surface area contributed by atoms with Crippen LogP contribution in [-0.2, 0) is 9.84 Å². The van der Waals surface area contributed by atoms with Crippen molar-refractivity contribution in [3.8, 4) is 0 Å². The van der Waals surface area contributed by atoms with Crippen LogP contribution in [0.1, 0.15) is 19.8 Å². The SMILES string of the molecule is CCS(=O)(=O)CCCC(O)CSC. The Morgan fingerprint density at radius 1 is 1.46 bits per heavy atom. The van der Waals surface area contributed by atoms with Gasteiger partial charge in [0.05, 0.1) is 11.9 Å². The molecule has 0 saturated heterocycles. The highest BCUT2D eigenvalue weighted by Gasteiger charge is 2.09. The van der Waals surface area contributed by atoms with Crippen LogP contribution in [0.5, 0.6) is 0 Å². The van der Waals surface area contributed by atoms with Crippen LogP contribution in [0.25, 0.3) is 0 Å². The first-order valence-electron chi connectivity index (χ1n) is 4.39. The fourth-order valence-corrected chi connectivity index (χ4v) is 2.41. The Hall–Kier alpha value is 0.260.